The van der Waals surface area contributed by atoms with E-state index in [4.69, 9.17) is 19.6 Å². The third-order valence-electron chi connectivity index (χ3n) is 3.33. The number of benzene rings is 1. The maximum atomic E-state index is 5.89. The van der Waals surface area contributed by atoms with Crippen LogP contribution in [0, 0.1) is 0 Å². The van der Waals surface area contributed by atoms with Crippen LogP contribution in [0.1, 0.15) is 18.7 Å². The maximum absolute atomic E-state index is 5.89. The largest absolute Gasteiger partial charge is 0.492 e. The van der Waals surface area contributed by atoms with Gasteiger partial charge in [-0.3, -0.25) is 0 Å². The number of nitrogens with zero attached hydrogens (tertiary/aromatic N) is 3. The summed E-state index contributed by atoms with van der Waals surface area (Å²) in [5.74, 6) is 1.69. The van der Waals surface area contributed by atoms with E-state index in [1.807, 2.05) is 31.2 Å². The van der Waals surface area contributed by atoms with Crippen LogP contribution in [0.4, 0.5) is 11.9 Å². The monoisotopic (exact) mass is 315 g/mol. The van der Waals surface area contributed by atoms with Crippen molar-refractivity contribution in [1.82, 2.24) is 15.0 Å². The fraction of sp³-hybridized carbons (Fsp3) is 0.267. The van der Waals surface area contributed by atoms with E-state index in [0.717, 1.165) is 11.0 Å². The molecule has 8 heteroatoms. The van der Waals surface area contributed by atoms with E-state index in [9.17, 15) is 0 Å². The first-order valence-electron chi connectivity index (χ1n) is 7.00. The molecule has 2 heterocycles. The molecule has 0 aliphatic carbocycles. The number of nitrogen functional groups attached to an aromatic ring is 1. The van der Waals surface area contributed by atoms with Gasteiger partial charge in [-0.2, -0.15) is 15.0 Å². The van der Waals surface area contributed by atoms with Gasteiger partial charge in [-0.05, 0) is 19.1 Å². The number of anilines is 2. The lowest BCUT2D eigenvalue weighted by Crippen LogP contribution is -2.12. The van der Waals surface area contributed by atoms with Crippen molar-refractivity contribution < 1.29 is 13.9 Å². The van der Waals surface area contributed by atoms with Crippen LogP contribution in [-0.2, 0) is 0 Å². The number of fused-ring (bicyclic) bond motifs is 1. The third-order valence-corrected chi connectivity index (χ3v) is 3.33. The zero-order valence-electron chi connectivity index (χ0n) is 13.0. The van der Waals surface area contributed by atoms with Gasteiger partial charge in [0, 0.05) is 0 Å². The Hall–Kier alpha value is -3.03. The SMILES string of the molecule is COc1nc(N)nc(NC(C)c2oc3ccccc3c2OC)n1. The minimum Gasteiger partial charge on any atom is -0.492 e. The Morgan fingerprint density at radius 1 is 1.13 bits per heavy atom. The molecule has 3 N–H and O–H groups in total. The number of aromatic nitrogens is 3. The van der Waals surface area contributed by atoms with Crippen molar-refractivity contribution >= 4 is 22.9 Å². The highest BCUT2D eigenvalue weighted by atomic mass is 16.5. The molecule has 23 heavy (non-hydrogen) atoms. The topological polar surface area (TPSA) is 108 Å². The standard InChI is InChI=1S/C15H17N5O3/c1-8(17-14-18-13(16)19-15(20-14)22-3)11-12(21-2)9-6-4-5-7-10(9)23-11/h4-8H,1-3H3,(H3,16,17,18,19,20). The quantitative estimate of drug-likeness (QED) is 0.738. The first-order chi connectivity index (χ1) is 11.1. The molecule has 0 spiro atoms. The molecule has 3 aromatic rings. The molecule has 120 valence electrons. The van der Waals surface area contributed by atoms with Gasteiger partial charge in [0.05, 0.1) is 25.6 Å². The van der Waals surface area contributed by atoms with Gasteiger partial charge in [-0.1, -0.05) is 12.1 Å². The lowest BCUT2D eigenvalue weighted by molar-refractivity contribution is 0.378. The summed E-state index contributed by atoms with van der Waals surface area (Å²) in [6, 6.07) is 7.56. The van der Waals surface area contributed by atoms with Crippen molar-refractivity contribution in [2.45, 2.75) is 13.0 Å². The molecule has 0 amide bonds. The molecule has 0 saturated carbocycles. The van der Waals surface area contributed by atoms with Crippen molar-refractivity contribution in [2.75, 3.05) is 25.3 Å². The second-order valence-electron chi connectivity index (χ2n) is 4.87. The number of para-hydroxylation sites is 1. The minimum atomic E-state index is -0.246. The number of rotatable bonds is 5. The Kier molecular flexibility index (Phi) is 3.88. The van der Waals surface area contributed by atoms with Gasteiger partial charge in [0.25, 0.3) is 0 Å². The number of hydrogen-bond acceptors (Lipinski definition) is 8. The van der Waals surface area contributed by atoms with Crippen molar-refractivity contribution in [2.24, 2.45) is 0 Å². The Morgan fingerprint density at radius 2 is 1.91 bits per heavy atom. The summed E-state index contributed by atoms with van der Waals surface area (Å²) in [7, 11) is 3.07. The van der Waals surface area contributed by atoms with Crippen molar-refractivity contribution in [3.63, 3.8) is 0 Å². The number of ether oxygens (including phenoxy) is 2. The van der Waals surface area contributed by atoms with E-state index in [1.54, 1.807) is 7.11 Å². The maximum Gasteiger partial charge on any atom is 0.322 e. The second-order valence-corrected chi connectivity index (χ2v) is 4.87. The van der Waals surface area contributed by atoms with Gasteiger partial charge in [0.1, 0.15) is 5.58 Å². The lowest BCUT2D eigenvalue weighted by atomic mass is 10.2. The van der Waals surface area contributed by atoms with Gasteiger partial charge >= 0.3 is 6.01 Å². The van der Waals surface area contributed by atoms with Crippen LogP contribution in [0.5, 0.6) is 11.8 Å². The van der Waals surface area contributed by atoms with Gasteiger partial charge in [0.2, 0.25) is 11.9 Å². The predicted molar refractivity (Wildman–Crippen MR) is 85.6 cm³/mol. The van der Waals surface area contributed by atoms with Crippen molar-refractivity contribution in [1.29, 1.82) is 0 Å². The Labute approximate surface area is 132 Å². The third kappa shape index (κ3) is 2.83. The van der Waals surface area contributed by atoms with E-state index >= 15 is 0 Å². The molecule has 3 rings (SSSR count). The highest BCUT2D eigenvalue weighted by molar-refractivity contribution is 5.85. The van der Waals surface area contributed by atoms with Crippen LogP contribution < -0.4 is 20.5 Å². The van der Waals surface area contributed by atoms with E-state index < -0.39 is 0 Å². The smallest absolute Gasteiger partial charge is 0.322 e. The molecule has 8 nitrogen and oxygen atoms in total. The Morgan fingerprint density at radius 3 is 2.65 bits per heavy atom. The zero-order valence-corrected chi connectivity index (χ0v) is 13.0. The first kappa shape index (κ1) is 14.9. The molecule has 0 aliphatic rings. The first-order valence-corrected chi connectivity index (χ1v) is 7.00. The summed E-state index contributed by atoms with van der Waals surface area (Å²) in [5.41, 5.74) is 6.39. The average Bonchev–Trinajstić information content (AvgIpc) is 2.92. The molecule has 1 unspecified atom stereocenters. The molecule has 1 aromatic carbocycles. The Bertz CT molecular complexity index is 833. The number of nitrogens with one attached hydrogen (secondary N) is 1. The molecular formula is C15H17N5O3. The molecule has 0 bridgehead atoms. The molecular weight excluding hydrogens is 298 g/mol. The van der Waals surface area contributed by atoms with Crippen molar-refractivity contribution in [3.8, 4) is 11.8 Å². The van der Waals surface area contributed by atoms with Crippen LogP contribution in [0.2, 0.25) is 0 Å². The van der Waals surface area contributed by atoms with Crippen LogP contribution in [0.25, 0.3) is 11.0 Å². The van der Waals surface area contributed by atoms with Gasteiger partial charge < -0.3 is 24.9 Å². The second kappa shape index (κ2) is 5.99. The number of methoxy groups -OCH3 is 2. The van der Waals surface area contributed by atoms with E-state index in [0.29, 0.717) is 17.5 Å². The molecule has 0 aliphatic heterocycles. The normalized spacial score (nSPS) is 12.1. The van der Waals surface area contributed by atoms with Gasteiger partial charge in [0.15, 0.2) is 11.5 Å². The number of nitrogens with two attached hydrogens (primary N) is 1. The summed E-state index contributed by atoms with van der Waals surface area (Å²) < 4.78 is 16.4. The summed E-state index contributed by atoms with van der Waals surface area (Å²) in [4.78, 5) is 12.0. The fourth-order valence-corrected chi connectivity index (χ4v) is 2.32. The van der Waals surface area contributed by atoms with Crippen molar-refractivity contribution in [3.05, 3.63) is 30.0 Å². The van der Waals surface area contributed by atoms with Crippen LogP contribution >= 0.6 is 0 Å². The summed E-state index contributed by atoms with van der Waals surface area (Å²) in [6.07, 6.45) is 0. The lowest BCUT2D eigenvalue weighted by Gasteiger charge is -2.13. The summed E-state index contributed by atoms with van der Waals surface area (Å²) >= 11 is 0. The molecule has 0 fully saturated rings. The summed E-state index contributed by atoms with van der Waals surface area (Å²) in [6.45, 7) is 1.91. The van der Waals surface area contributed by atoms with E-state index in [-0.39, 0.29) is 18.0 Å². The predicted octanol–water partition coefficient (Wildman–Crippen LogP) is 2.39. The van der Waals surface area contributed by atoms with Gasteiger partial charge in [-0.15, -0.1) is 0 Å². The zero-order chi connectivity index (χ0) is 16.4. The minimum absolute atomic E-state index is 0.0723. The Balaban J connectivity index is 1.94. The highest BCUT2D eigenvalue weighted by Crippen LogP contribution is 2.37. The number of furan rings is 1. The van der Waals surface area contributed by atoms with E-state index in [1.165, 1.54) is 7.11 Å². The molecule has 1 atom stereocenters. The molecule has 0 radical (unpaired) electrons. The molecule has 2 aromatic heterocycles. The fourth-order valence-electron chi connectivity index (χ4n) is 2.32. The highest BCUT2D eigenvalue weighted by Gasteiger charge is 2.21. The van der Waals surface area contributed by atoms with E-state index in [2.05, 4.69) is 20.3 Å². The van der Waals surface area contributed by atoms with Crippen LogP contribution in [0.15, 0.2) is 28.7 Å². The van der Waals surface area contributed by atoms with Crippen LogP contribution in [0.3, 0.4) is 0 Å². The van der Waals surface area contributed by atoms with Crippen LogP contribution in [-0.4, -0.2) is 29.2 Å². The molecule has 0 saturated heterocycles. The average molecular weight is 315 g/mol. The summed E-state index contributed by atoms with van der Waals surface area (Å²) in [5, 5.41) is 4.02. The van der Waals surface area contributed by atoms with Gasteiger partial charge in [-0.25, -0.2) is 0 Å². The number of hydrogen-bond donors (Lipinski definition) is 2.